The van der Waals surface area contributed by atoms with E-state index in [4.69, 9.17) is 0 Å². The third-order valence-electron chi connectivity index (χ3n) is 5.37. The Morgan fingerprint density at radius 3 is 2.36 bits per heavy atom. The minimum atomic E-state index is -3.80. The first-order valence-corrected chi connectivity index (χ1v) is 10.9. The number of aliphatic hydroxyl groups is 1. The largest absolute Gasteiger partial charge is 0.391 e. The van der Waals surface area contributed by atoms with Crippen molar-refractivity contribution in [1.29, 1.82) is 0 Å². The van der Waals surface area contributed by atoms with Gasteiger partial charge in [-0.15, -0.1) is 0 Å². The Labute approximate surface area is 166 Å². The predicted molar refractivity (Wildman–Crippen MR) is 109 cm³/mol. The summed E-state index contributed by atoms with van der Waals surface area (Å²) >= 11 is 0. The molecule has 0 spiro atoms. The van der Waals surface area contributed by atoms with Gasteiger partial charge in [-0.1, -0.05) is 37.1 Å². The molecule has 1 aliphatic rings. The Morgan fingerprint density at radius 2 is 1.68 bits per heavy atom. The first-order chi connectivity index (χ1) is 13.3. The lowest BCUT2D eigenvalue weighted by molar-refractivity contribution is 0.0268. The molecule has 2 aromatic rings. The number of amides is 1. The van der Waals surface area contributed by atoms with Gasteiger partial charge in [0.25, 0.3) is 15.9 Å². The molecule has 0 saturated heterocycles. The van der Waals surface area contributed by atoms with Gasteiger partial charge in [0.2, 0.25) is 0 Å². The summed E-state index contributed by atoms with van der Waals surface area (Å²) in [6.45, 7) is 0. The topological polar surface area (TPSA) is 77.9 Å². The molecule has 7 heteroatoms. The number of carbonyl (C=O) groups excluding carboxylic acids is 1. The molecular formula is C21H26N2O4S. The van der Waals surface area contributed by atoms with Crippen LogP contribution in [0.4, 0.5) is 5.69 Å². The summed E-state index contributed by atoms with van der Waals surface area (Å²) in [6, 6.07) is 14.6. The van der Waals surface area contributed by atoms with E-state index in [1.165, 1.54) is 28.4 Å². The molecule has 0 aromatic heterocycles. The maximum Gasteiger partial charge on any atom is 0.264 e. The number of sulfonamides is 1. The SMILES string of the molecule is CN(C(=O)c1cccc(S(=O)(=O)N(C)c2ccccc2)c1)[C@@H]1CCCC[C@H]1O. The summed E-state index contributed by atoms with van der Waals surface area (Å²) in [6.07, 6.45) is 2.81. The molecular weight excluding hydrogens is 376 g/mol. The van der Waals surface area contributed by atoms with Crippen molar-refractivity contribution in [2.45, 2.75) is 42.7 Å². The fourth-order valence-corrected chi connectivity index (χ4v) is 4.86. The van der Waals surface area contributed by atoms with Crippen LogP contribution < -0.4 is 4.31 Å². The van der Waals surface area contributed by atoms with Crippen LogP contribution in [0.1, 0.15) is 36.0 Å². The van der Waals surface area contributed by atoms with E-state index in [2.05, 4.69) is 0 Å². The molecule has 1 N–H and O–H groups in total. The van der Waals surface area contributed by atoms with Crippen molar-refractivity contribution in [2.75, 3.05) is 18.4 Å². The zero-order valence-electron chi connectivity index (χ0n) is 16.2. The molecule has 6 nitrogen and oxygen atoms in total. The van der Waals surface area contributed by atoms with Gasteiger partial charge in [-0.25, -0.2) is 8.42 Å². The average Bonchev–Trinajstić information content (AvgIpc) is 2.73. The van der Waals surface area contributed by atoms with E-state index in [0.29, 0.717) is 17.7 Å². The number of anilines is 1. The van der Waals surface area contributed by atoms with Crippen LogP contribution in [0, 0.1) is 0 Å². The Morgan fingerprint density at radius 1 is 1.00 bits per heavy atom. The number of para-hydroxylation sites is 1. The fourth-order valence-electron chi connectivity index (χ4n) is 3.62. The number of rotatable bonds is 5. The van der Waals surface area contributed by atoms with E-state index in [1.807, 2.05) is 6.07 Å². The average molecular weight is 403 g/mol. The Bertz CT molecular complexity index is 930. The number of hydrogen-bond acceptors (Lipinski definition) is 4. The summed E-state index contributed by atoms with van der Waals surface area (Å²) in [5.74, 6) is -0.287. The van der Waals surface area contributed by atoms with Crippen LogP contribution in [0.25, 0.3) is 0 Å². The zero-order chi connectivity index (χ0) is 20.3. The van der Waals surface area contributed by atoms with E-state index >= 15 is 0 Å². The third kappa shape index (κ3) is 4.05. The van der Waals surface area contributed by atoms with Crippen molar-refractivity contribution < 1.29 is 18.3 Å². The van der Waals surface area contributed by atoms with Crippen molar-refractivity contribution in [3.8, 4) is 0 Å². The smallest absolute Gasteiger partial charge is 0.264 e. The normalized spacial score (nSPS) is 19.8. The molecule has 1 fully saturated rings. The van der Waals surface area contributed by atoms with Crippen LogP contribution in [0.2, 0.25) is 0 Å². The maximum absolute atomic E-state index is 13.0. The molecule has 3 rings (SSSR count). The molecule has 2 atom stereocenters. The highest BCUT2D eigenvalue weighted by Gasteiger charge is 2.30. The van der Waals surface area contributed by atoms with Crippen LogP contribution in [0.3, 0.4) is 0 Å². The number of likely N-dealkylation sites (N-methyl/N-ethyl adjacent to an activating group) is 1. The highest BCUT2D eigenvalue weighted by Crippen LogP contribution is 2.25. The molecule has 0 aliphatic heterocycles. The van der Waals surface area contributed by atoms with E-state index in [-0.39, 0.29) is 16.8 Å². The third-order valence-corrected chi connectivity index (χ3v) is 7.15. The minimum absolute atomic E-state index is 0.0577. The highest BCUT2D eigenvalue weighted by molar-refractivity contribution is 7.92. The lowest BCUT2D eigenvalue weighted by Crippen LogP contribution is -2.46. The van der Waals surface area contributed by atoms with E-state index in [1.54, 1.807) is 43.4 Å². The monoisotopic (exact) mass is 402 g/mol. The Hall–Kier alpha value is -2.38. The summed E-state index contributed by atoms with van der Waals surface area (Å²) in [5.41, 5.74) is 0.837. The number of carbonyl (C=O) groups is 1. The molecule has 0 unspecified atom stereocenters. The standard InChI is InChI=1S/C21H26N2O4S/c1-22(19-13-6-7-14-20(19)24)21(25)16-9-8-12-18(15-16)28(26,27)23(2)17-10-4-3-5-11-17/h3-5,8-12,15,19-20,24H,6-7,13-14H2,1-2H3/t19-,20-/m1/s1. The van der Waals surface area contributed by atoms with Gasteiger partial charge < -0.3 is 10.0 Å². The number of aliphatic hydroxyl groups excluding tert-OH is 1. The van der Waals surface area contributed by atoms with Crippen molar-refractivity contribution in [2.24, 2.45) is 0 Å². The Balaban J connectivity index is 1.86. The Kier molecular flexibility index (Phi) is 6.05. The predicted octanol–water partition coefficient (Wildman–Crippen LogP) is 2.89. The molecule has 2 aromatic carbocycles. The summed E-state index contributed by atoms with van der Waals surface area (Å²) < 4.78 is 27.2. The van der Waals surface area contributed by atoms with Gasteiger partial charge in [-0.2, -0.15) is 0 Å². The lowest BCUT2D eigenvalue weighted by Gasteiger charge is -2.35. The van der Waals surface area contributed by atoms with Gasteiger partial charge in [0.05, 0.1) is 22.7 Å². The molecule has 1 aliphatic carbocycles. The van der Waals surface area contributed by atoms with Crippen molar-refractivity contribution in [3.63, 3.8) is 0 Å². The second-order valence-corrected chi connectivity index (χ2v) is 9.14. The van der Waals surface area contributed by atoms with Gasteiger partial charge in [-0.3, -0.25) is 9.10 Å². The van der Waals surface area contributed by atoms with E-state index in [9.17, 15) is 18.3 Å². The highest BCUT2D eigenvalue weighted by atomic mass is 32.2. The molecule has 0 heterocycles. The van der Waals surface area contributed by atoms with Gasteiger partial charge in [-0.05, 0) is 43.2 Å². The summed E-state index contributed by atoms with van der Waals surface area (Å²) in [5, 5.41) is 10.2. The summed E-state index contributed by atoms with van der Waals surface area (Å²) in [4.78, 5) is 14.5. The molecule has 150 valence electrons. The number of hydrogen-bond donors (Lipinski definition) is 1. The molecule has 1 amide bonds. The molecule has 0 radical (unpaired) electrons. The maximum atomic E-state index is 13.0. The van der Waals surface area contributed by atoms with Crippen LogP contribution in [0.15, 0.2) is 59.5 Å². The van der Waals surface area contributed by atoms with Gasteiger partial charge in [0.1, 0.15) is 0 Å². The quantitative estimate of drug-likeness (QED) is 0.834. The molecule has 0 bridgehead atoms. The van der Waals surface area contributed by atoms with Crippen LogP contribution >= 0.6 is 0 Å². The zero-order valence-corrected chi connectivity index (χ0v) is 17.0. The van der Waals surface area contributed by atoms with Crippen LogP contribution in [-0.4, -0.2) is 50.6 Å². The first kappa shape index (κ1) is 20.4. The lowest BCUT2D eigenvalue weighted by atomic mass is 9.91. The van der Waals surface area contributed by atoms with Crippen molar-refractivity contribution >= 4 is 21.6 Å². The van der Waals surface area contributed by atoms with Gasteiger partial charge in [0.15, 0.2) is 0 Å². The second-order valence-electron chi connectivity index (χ2n) is 7.17. The van der Waals surface area contributed by atoms with Gasteiger partial charge >= 0.3 is 0 Å². The van der Waals surface area contributed by atoms with Crippen LogP contribution in [-0.2, 0) is 10.0 Å². The molecule has 28 heavy (non-hydrogen) atoms. The van der Waals surface area contributed by atoms with E-state index < -0.39 is 16.1 Å². The number of nitrogens with zero attached hydrogens (tertiary/aromatic N) is 2. The second kappa shape index (κ2) is 8.32. The first-order valence-electron chi connectivity index (χ1n) is 9.41. The van der Waals surface area contributed by atoms with Crippen molar-refractivity contribution in [1.82, 2.24) is 4.90 Å². The molecule has 1 saturated carbocycles. The van der Waals surface area contributed by atoms with Crippen molar-refractivity contribution in [3.05, 3.63) is 60.2 Å². The fraction of sp³-hybridized carbons (Fsp3) is 0.381. The summed E-state index contributed by atoms with van der Waals surface area (Å²) in [7, 11) is -0.641. The van der Waals surface area contributed by atoms with Gasteiger partial charge in [0, 0.05) is 19.7 Å². The van der Waals surface area contributed by atoms with E-state index in [0.717, 1.165) is 19.3 Å². The minimum Gasteiger partial charge on any atom is -0.391 e. The van der Waals surface area contributed by atoms with Crippen LogP contribution in [0.5, 0.6) is 0 Å². The number of benzene rings is 2.